The molecule has 0 N–H and O–H groups in total. The third kappa shape index (κ3) is 2.61. The molecule has 0 spiro atoms. The molecule has 18 heavy (non-hydrogen) atoms. The van der Waals surface area contributed by atoms with Crippen molar-refractivity contribution < 1.29 is 19.1 Å². The molecule has 2 rings (SSSR count). The Kier molecular flexibility index (Phi) is 3.82. The molecular weight excluding hydrogens is 234 g/mol. The highest BCUT2D eigenvalue weighted by molar-refractivity contribution is 5.79. The lowest BCUT2D eigenvalue weighted by Gasteiger charge is -2.20. The molecule has 1 fully saturated rings. The number of hydrogen-bond donors (Lipinski definition) is 0. The van der Waals surface area contributed by atoms with Crippen LogP contribution in [0.1, 0.15) is 18.5 Å². The average molecular weight is 249 g/mol. The van der Waals surface area contributed by atoms with E-state index in [1.807, 2.05) is 30.3 Å². The Morgan fingerprint density at radius 2 is 2.17 bits per heavy atom. The summed E-state index contributed by atoms with van der Waals surface area (Å²) in [6, 6.07) is 9.27. The maximum Gasteiger partial charge on any atom is 0.411 e. The number of carbonyl (C=O) groups is 2. The van der Waals surface area contributed by atoms with E-state index >= 15 is 0 Å². The fraction of sp³-hybridized carbons (Fsp3) is 0.385. The highest BCUT2D eigenvalue weighted by atomic mass is 16.6. The van der Waals surface area contributed by atoms with Crippen LogP contribution in [-0.4, -0.2) is 36.7 Å². The van der Waals surface area contributed by atoms with Crippen molar-refractivity contribution in [2.75, 3.05) is 19.8 Å². The number of cyclic esters (lactones) is 1. The predicted octanol–water partition coefficient (Wildman–Crippen LogP) is 1.74. The van der Waals surface area contributed by atoms with E-state index in [0.29, 0.717) is 6.61 Å². The molecule has 0 bridgehead atoms. The first-order valence-corrected chi connectivity index (χ1v) is 5.86. The van der Waals surface area contributed by atoms with Gasteiger partial charge < -0.3 is 9.47 Å². The Hall–Kier alpha value is -2.04. The molecule has 1 aromatic rings. The van der Waals surface area contributed by atoms with Gasteiger partial charge in [-0.3, -0.25) is 9.69 Å². The number of amides is 1. The third-order valence-electron chi connectivity index (χ3n) is 2.76. The molecule has 1 aromatic carbocycles. The number of esters is 1. The molecule has 1 aliphatic heterocycles. The summed E-state index contributed by atoms with van der Waals surface area (Å²) in [6.45, 7) is 2.22. The van der Waals surface area contributed by atoms with Crippen LogP contribution in [-0.2, 0) is 14.3 Å². The van der Waals surface area contributed by atoms with Crippen molar-refractivity contribution >= 4 is 12.1 Å². The largest absolute Gasteiger partial charge is 0.465 e. The van der Waals surface area contributed by atoms with Crippen molar-refractivity contribution in [3.63, 3.8) is 0 Å². The van der Waals surface area contributed by atoms with E-state index in [-0.39, 0.29) is 19.2 Å². The molecule has 0 radical (unpaired) electrons. The third-order valence-corrected chi connectivity index (χ3v) is 2.76. The van der Waals surface area contributed by atoms with Gasteiger partial charge in [-0.05, 0) is 12.5 Å². The first-order valence-electron chi connectivity index (χ1n) is 5.86. The van der Waals surface area contributed by atoms with Crippen LogP contribution in [0.15, 0.2) is 30.3 Å². The minimum atomic E-state index is -0.475. The van der Waals surface area contributed by atoms with Gasteiger partial charge in [-0.15, -0.1) is 0 Å². The van der Waals surface area contributed by atoms with Crippen molar-refractivity contribution in [3.05, 3.63) is 35.9 Å². The second kappa shape index (κ2) is 5.53. The van der Waals surface area contributed by atoms with Gasteiger partial charge in [-0.1, -0.05) is 30.3 Å². The lowest BCUT2D eigenvalue weighted by Crippen LogP contribution is -2.33. The fourth-order valence-electron chi connectivity index (χ4n) is 1.92. The quantitative estimate of drug-likeness (QED) is 0.763. The number of carbonyl (C=O) groups excluding carboxylic acids is 2. The molecule has 5 heteroatoms. The van der Waals surface area contributed by atoms with Crippen LogP contribution in [0.3, 0.4) is 0 Å². The van der Waals surface area contributed by atoms with Crippen molar-refractivity contribution in [1.82, 2.24) is 4.90 Å². The van der Waals surface area contributed by atoms with E-state index in [4.69, 9.17) is 9.47 Å². The number of rotatable bonds is 4. The summed E-state index contributed by atoms with van der Waals surface area (Å²) in [4.78, 5) is 24.4. The molecule has 0 saturated carbocycles. The molecule has 5 nitrogen and oxygen atoms in total. The first-order chi connectivity index (χ1) is 8.72. The molecular formula is C13H15NO4. The molecule has 0 aromatic heterocycles. The van der Waals surface area contributed by atoms with Crippen LogP contribution in [0, 0.1) is 0 Å². The van der Waals surface area contributed by atoms with Crippen LogP contribution in [0.4, 0.5) is 4.79 Å². The normalized spacial score (nSPS) is 18.6. The highest BCUT2D eigenvalue weighted by Crippen LogP contribution is 2.27. The van der Waals surface area contributed by atoms with Gasteiger partial charge in [-0.25, -0.2) is 4.79 Å². The molecule has 1 atom stereocenters. The minimum Gasteiger partial charge on any atom is -0.465 e. The Morgan fingerprint density at radius 3 is 2.83 bits per heavy atom. The molecule has 1 aliphatic rings. The Bertz CT molecular complexity index is 432. The highest BCUT2D eigenvalue weighted by Gasteiger charge is 2.35. The lowest BCUT2D eigenvalue weighted by atomic mass is 10.1. The van der Waals surface area contributed by atoms with Crippen LogP contribution < -0.4 is 0 Å². The number of benzene rings is 1. The summed E-state index contributed by atoms with van der Waals surface area (Å²) < 4.78 is 9.84. The molecule has 96 valence electrons. The van der Waals surface area contributed by atoms with E-state index in [9.17, 15) is 9.59 Å². The summed E-state index contributed by atoms with van der Waals surface area (Å²) in [5, 5.41) is 0. The Labute approximate surface area is 105 Å². The smallest absolute Gasteiger partial charge is 0.411 e. The Morgan fingerprint density at radius 1 is 1.44 bits per heavy atom. The van der Waals surface area contributed by atoms with Crippen LogP contribution >= 0.6 is 0 Å². The number of nitrogens with zero attached hydrogens (tertiary/aromatic N) is 1. The molecule has 0 aliphatic carbocycles. The zero-order chi connectivity index (χ0) is 13.0. The fourth-order valence-corrected chi connectivity index (χ4v) is 1.92. The van der Waals surface area contributed by atoms with Gasteiger partial charge in [0.2, 0.25) is 0 Å². The monoisotopic (exact) mass is 249 g/mol. The average Bonchev–Trinajstić information content (AvgIpc) is 2.73. The van der Waals surface area contributed by atoms with Crippen LogP contribution in [0.2, 0.25) is 0 Å². The van der Waals surface area contributed by atoms with E-state index < -0.39 is 12.1 Å². The van der Waals surface area contributed by atoms with Crippen LogP contribution in [0.25, 0.3) is 0 Å². The van der Waals surface area contributed by atoms with Gasteiger partial charge in [-0.2, -0.15) is 0 Å². The maximum atomic E-state index is 11.6. The summed E-state index contributed by atoms with van der Waals surface area (Å²) >= 11 is 0. The maximum absolute atomic E-state index is 11.6. The van der Waals surface area contributed by atoms with Crippen molar-refractivity contribution in [3.8, 4) is 0 Å². The van der Waals surface area contributed by atoms with Gasteiger partial charge in [0.15, 0.2) is 0 Å². The van der Waals surface area contributed by atoms with Crippen molar-refractivity contribution in [2.24, 2.45) is 0 Å². The number of ether oxygens (including phenoxy) is 2. The molecule has 1 amide bonds. The lowest BCUT2D eigenvalue weighted by molar-refractivity contribution is -0.144. The van der Waals surface area contributed by atoms with E-state index in [0.717, 1.165) is 5.56 Å². The first kappa shape index (κ1) is 12.4. The van der Waals surface area contributed by atoms with Crippen molar-refractivity contribution in [1.29, 1.82) is 0 Å². The summed E-state index contributed by atoms with van der Waals surface area (Å²) in [5.41, 5.74) is 0.952. The SMILES string of the molecule is CCOC(=O)CN1C(=O)OC[C@H]1c1ccccc1. The van der Waals surface area contributed by atoms with E-state index in [1.165, 1.54) is 4.90 Å². The molecule has 1 heterocycles. The van der Waals surface area contributed by atoms with E-state index in [2.05, 4.69) is 0 Å². The van der Waals surface area contributed by atoms with Gasteiger partial charge >= 0.3 is 12.1 Å². The van der Waals surface area contributed by atoms with Gasteiger partial charge in [0.1, 0.15) is 13.2 Å². The molecule has 0 unspecified atom stereocenters. The molecule has 1 saturated heterocycles. The van der Waals surface area contributed by atoms with Gasteiger partial charge in [0.05, 0.1) is 12.6 Å². The van der Waals surface area contributed by atoms with Gasteiger partial charge in [0, 0.05) is 0 Å². The predicted molar refractivity (Wildman–Crippen MR) is 63.9 cm³/mol. The van der Waals surface area contributed by atoms with E-state index in [1.54, 1.807) is 6.92 Å². The number of hydrogen-bond acceptors (Lipinski definition) is 4. The standard InChI is InChI=1S/C13H15NO4/c1-2-17-12(15)8-14-11(9-18-13(14)16)10-6-4-3-5-7-10/h3-7,11H,2,8-9H2,1H3/t11-/m0/s1. The Balaban J connectivity index is 2.11. The second-order valence-electron chi connectivity index (χ2n) is 3.94. The zero-order valence-electron chi connectivity index (χ0n) is 10.2. The minimum absolute atomic E-state index is 0.0771. The van der Waals surface area contributed by atoms with Gasteiger partial charge in [0.25, 0.3) is 0 Å². The zero-order valence-corrected chi connectivity index (χ0v) is 10.2. The second-order valence-corrected chi connectivity index (χ2v) is 3.94. The summed E-state index contributed by atoms with van der Waals surface area (Å²) in [5.74, 6) is -0.419. The topological polar surface area (TPSA) is 55.8 Å². The summed E-state index contributed by atoms with van der Waals surface area (Å²) in [6.07, 6.45) is -0.475. The summed E-state index contributed by atoms with van der Waals surface area (Å²) in [7, 11) is 0. The van der Waals surface area contributed by atoms with Crippen LogP contribution in [0.5, 0.6) is 0 Å². The van der Waals surface area contributed by atoms with Crippen molar-refractivity contribution in [2.45, 2.75) is 13.0 Å².